The molecule has 80 valence electrons. The van der Waals surface area contributed by atoms with E-state index < -0.39 is 0 Å². The van der Waals surface area contributed by atoms with E-state index in [1.807, 2.05) is 6.08 Å². The van der Waals surface area contributed by atoms with Crippen molar-refractivity contribution in [3.05, 3.63) is 12.7 Å². The molecule has 0 heterocycles. The second-order valence-electron chi connectivity index (χ2n) is 4.56. The molecule has 0 spiro atoms. The number of hydrogen-bond donors (Lipinski definition) is 0. The minimum atomic E-state index is -0.186. The van der Waals surface area contributed by atoms with Crippen molar-refractivity contribution in [3.8, 4) is 0 Å². The minimum Gasteiger partial charge on any atom is -0.299 e. The van der Waals surface area contributed by atoms with Crippen molar-refractivity contribution in [3.63, 3.8) is 0 Å². The largest absolute Gasteiger partial charge is 0.299 e. The van der Waals surface area contributed by atoms with Crippen LogP contribution in [0, 0.1) is 11.3 Å². The van der Waals surface area contributed by atoms with Gasteiger partial charge in [-0.1, -0.05) is 32.8 Å². The van der Waals surface area contributed by atoms with Gasteiger partial charge in [-0.25, -0.2) is 0 Å². The molecule has 1 saturated carbocycles. The minimum absolute atomic E-state index is 0.186. The molecule has 0 aromatic heterocycles. The summed E-state index contributed by atoms with van der Waals surface area (Å²) in [4.78, 5) is 12.0. The summed E-state index contributed by atoms with van der Waals surface area (Å²) in [6, 6.07) is 0. The first-order chi connectivity index (χ1) is 6.67. The number of allylic oxidation sites excluding steroid dienone is 1. The van der Waals surface area contributed by atoms with E-state index in [1.54, 1.807) is 0 Å². The smallest absolute Gasteiger partial charge is 0.143 e. The van der Waals surface area contributed by atoms with Gasteiger partial charge >= 0.3 is 0 Å². The number of ketones is 1. The third-order valence-corrected chi connectivity index (χ3v) is 3.75. The lowest BCUT2D eigenvalue weighted by molar-refractivity contribution is -0.131. The molecular weight excluding hydrogens is 172 g/mol. The van der Waals surface area contributed by atoms with Crippen molar-refractivity contribution in [1.29, 1.82) is 0 Å². The van der Waals surface area contributed by atoms with Gasteiger partial charge in [0.25, 0.3) is 0 Å². The second kappa shape index (κ2) is 4.77. The third-order valence-electron chi connectivity index (χ3n) is 3.75. The van der Waals surface area contributed by atoms with E-state index in [9.17, 15) is 4.79 Å². The number of rotatable bonds is 4. The summed E-state index contributed by atoms with van der Waals surface area (Å²) in [7, 11) is 0. The first-order valence-corrected chi connectivity index (χ1v) is 5.84. The first kappa shape index (κ1) is 11.5. The molecule has 0 aliphatic heterocycles. The van der Waals surface area contributed by atoms with Crippen LogP contribution in [-0.4, -0.2) is 5.78 Å². The summed E-state index contributed by atoms with van der Waals surface area (Å²) in [6.45, 7) is 8.27. The van der Waals surface area contributed by atoms with Gasteiger partial charge in [0.1, 0.15) is 5.78 Å². The summed E-state index contributed by atoms with van der Waals surface area (Å²) in [6.07, 6.45) is 8.25. The van der Waals surface area contributed by atoms with Crippen LogP contribution in [0.25, 0.3) is 0 Å². The second-order valence-corrected chi connectivity index (χ2v) is 4.56. The van der Waals surface area contributed by atoms with Crippen LogP contribution < -0.4 is 0 Å². The third kappa shape index (κ3) is 1.92. The molecule has 1 nitrogen and oxygen atoms in total. The summed E-state index contributed by atoms with van der Waals surface area (Å²) < 4.78 is 0. The monoisotopic (exact) mass is 194 g/mol. The fourth-order valence-electron chi connectivity index (χ4n) is 2.61. The Balaban J connectivity index is 2.80. The van der Waals surface area contributed by atoms with Crippen molar-refractivity contribution in [2.24, 2.45) is 11.3 Å². The van der Waals surface area contributed by atoms with Crippen LogP contribution in [0.4, 0.5) is 0 Å². The van der Waals surface area contributed by atoms with Crippen LogP contribution >= 0.6 is 0 Å². The highest BCUT2D eigenvalue weighted by atomic mass is 16.1. The molecule has 1 aliphatic rings. The number of Topliss-reactive ketones (excluding diaryl/α,β-unsaturated/α-hetero) is 1. The Kier molecular flexibility index (Phi) is 3.91. The highest BCUT2D eigenvalue weighted by Gasteiger charge is 2.41. The van der Waals surface area contributed by atoms with Crippen LogP contribution in [0.1, 0.15) is 52.4 Å². The zero-order valence-corrected chi connectivity index (χ0v) is 9.51. The molecule has 0 N–H and O–H groups in total. The van der Waals surface area contributed by atoms with Gasteiger partial charge in [-0.15, -0.1) is 6.58 Å². The van der Waals surface area contributed by atoms with Gasteiger partial charge in [0.15, 0.2) is 0 Å². The molecule has 0 amide bonds. The first-order valence-electron chi connectivity index (χ1n) is 5.84. The maximum atomic E-state index is 12.0. The van der Waals surface area contributed by atoms with Gasteiger partial charge in [-0.05, 0) is 25.2 Å². The Hall–Kier alpha value is -0.590. The Morgan fingerprint density at radius 1 is 1.64 bits per heavy atom. The van der Waals surface area contributed by atoms with Gasteiger partial charge < -0.3 is 0 Å². The van der Waals surface area contributed by atoms with Gasteiger partial charge in [0.2, 0.25) is 0 Å². The molecule has 14 heavy (non-hydrogen) atoms. The zero-order chi connectivity index (χ0) is 10.6. The zero-order valence-electron chi connectivity index (χ0n) is 9.51. The molecule has 0 radical (unpaired) electrons. The highest BCUT2D eigenvalue weighted by molar-refractivity contribution is 5.87. The molecule has 0 aromatic carbocycles. The number of carbonyl (C=O) groups excluding carboxylic acids is 1. The van der Waals surface area contributed by atoms with Crippen molar-refractivity contribution in [2.75, 3.05) is 0 Å². The van der Waals surface area contributed by atoms with E-state index in [1.165, 1.54) is 6.42 Å². The van der Waals surface area contributed by atoms with Crippen LogP contribution in [-0.2, 0) is 4.79 Å². The lowest BCUT2D eigenvalue weighted by Crippen LogP contribution is -2.38. The molecule has 1 aliphatic carbocycles. The molecule has 1 fully saturated rings. The van der Waals surface area contributed by atoms with Gasteiger partial charge in [0.05, 0.1) is 0 Å². The molecule has 0 bridgehead atoms. The summed E-state index contributed by atoms with van der Waals surface area (Å²) in [5.74, 6) is 0.924. The van der Waals surface area contributed by atoms with Crippen LogP contribution in [0.15, 0.2) is 12.7 Å². The molecule has 0 saturated heterocycles. The van der Waals surface area contributed by atoms with Gasteiger partial charge in [-0.3, -0.25) is 4.79 Å². The standard InChI is InChI=1S/C13H22O/c1-4-6-10-13(5-2)11(3)8-7-9-12(13)14/h5,11H,2,4,6-10H2,1,3H3/t11-,13-/m1/s1. The Morgan fingerprint density at radius 2 is 2.36 bits per heavy atom. The summed E-state index contributed by atoms with van der Waals surface area (Å²) in [5.41, 5.74) is -0.186. The van der Waals surface area contributed by atoms with Crippen molar-refractivity contribution < 1.29 is 4.79 Å². The summed E-state index contributed by atoms with van der Waals surface area (Å²) >= 11 is 0. The molecule has 2 atom stereocenters. The SMILES string of the molecule is C=C[C@]1(CCCC)C(=O)CCC[C@H]1C. The van der Waals surface area contributed by atoms with Crippen molar-refractivity contribution in [1.82, 2.24) is 0 Å². The van der Waals surface area contributed by atoms with E-state index >= 15 is 0 Å². The maximum Gasteiger partial charge on any atom is 0.143 e. The Bertz CT molecular complexity index is 219. The van der Waals surface area contributed by atoms with Crippen LogP contribution in [0.2, 0.25) is 0 Å². The van der Waals surface area contributed by atoms with Crippen LogP contribution in [0.5, 0.6) is 0 Å². The van der Waals surface area contributed by atoms with E-state index in [0.717, 1.165) is 32.1 Å². The molecule has 1 heteroatoms. The van der Waals surface area contributed by atoms with E-state index in [2.05, 4.69) is 20.4 Å². The summed E-state index contributed by atoms with van der Waals surface area (Å²) in [5, 5.41) is 0. The van der Waals surface area contributed by atoms with Crippen molar-refractivity contribution >= 4 is 5.78 Å². The average Bonchev–Trinajstić information content (AvgIpc) is 2.18. The van der Waals surface area contributed by atoms with E-state index in [4.69, 9.17) is 0 Å². The van der Waals surface area contributed by atoms with Crippen molar-refractivity contribution in [2.45, 2.75) is 52.4 Å². The molecule has 1 rings (SSSR count). The normalized spacial score (nSPS) is 33.0. The fraction of sp³-hybridized carbons (Fsp3) is 0.769. The predicted molar refractivity (Wildman–Crippen MR) is 60.2 cm³/mol. The molecular formula is C13H22O. The van der Waals surface area contributed by atoms with Gasteiger partial charge in [-0.2, -0.15) is 0 Å². The predicted octanol–water partition coefficient (Wildman–Crippen LogP) is 3.74. The van der Waals surface area contributed by atoms with Crippen LogP contribution in [0.3, 0.4) is 0 Å². The molecule has 0 aromatic rings. The average molecular weight is 194 g/mol. The Morgan fingerprint density at radius 3 is 2.86 bits per heavy atom. The lowest BCUT2D eigenvalue weighted by atomic mass is 9.64. The maximum absolute atomic E-state index is 12.0. The Labute approximate surface area is 87.6 Å². The van der Waals surface area contributed by atoms with E-state index in [0.29, 0.717) is 11.7 Å². The quantitative estimate of drug-likeness (QED) is 0.623. The molecule has 0 unspecified atom stereocenters. The van der Waals surface area contributed by atoms with Gasteiger partial charge in [0, 0.05) is 11.8 Å². The number of unbranched alkanes of at least 4 members (excludes halogenated alkanes) is 1. The topological polar surface area (TPSA) is 17.1 Å². The fourth-order valence-corrected chi connectivity index (χ4v) is 2.61. The number of hydrogen-bond acceptors (Lipinski definition) is 1. The highest BCUT2D eigenvalue weighted by Crippen LogP contribution is 2.43. The van der Waals surface area contributed by atoms with E-state index in [-0.39, 0.29) is 5.41 Å². The lowest BCUT2D eigenvalue weighted by Gasteiger charge is -2.39. The number of carbonyl (C=O) groups is 1.